The molecule has 0 fully saturated rings. The number of hydrogen-bond acceptors (Lipinski definition) is 4. The number of nitrogens with one attached hydrogen (secondary N) is 2. The number of ketones is 1. The molecule has 0 aromatic carbocycles. The first-order chi connectivity index (χ1) is 7.84. The summed E-state index contributed by atoms with van der Waals surface area (Å²) < 4.78 is 0. The van der Waals surface area contributed by atoms with E-state index >= 15 is 0 Å². The van der Waals surface area contributed by atoms with Crippen molar-refractivity contribution in [1.29, 1.82) is 5.41 Å². The highest BCUT2D eigenvalue weighted by Crippen LogP contribution is 1.94. The van der Waals surface area contributed by atoms with Crippen LogP contribution < -0.4 is 16.8 Å². The first-order valence-electron chi connectivity index (χ1n) is 5.42. The average molecular weight is 243 g/mol. The van der Waals surface area contributed by atoms with Crippen LogP contribution in [0.3, 0.4) is 0 Å². The van der Waals surface area contributed by atoms with Crippen molar-refractivity contribution in [2.24, 2.45) is 11.5 Å². The summed E-state index contributed by atoms with van der Waals surface area (Å²) in [5.41, 5.74) is 10.7. The van der Waals surface area contributed by atoms with E-state index in [2.05, 4.69) is 5.32 Å². The summed E-state index contributed by atoms with van der Waals surface area (Å²) in [5.74, 6) is -0.412. The van der Waals surface area contributed by atoms with Crippen LogP contribution in [-0.4, -0.2) is 48.7 Å². The number of carbonyl (C=O) groups is 2. The van der Waals surface area contributed by atoms with Gasteiger partial charge < -0.3 is 21.7 Å². The lowest BCUT2D eigenvalue weighted by molar-refractivity contribution is -0.121. The molecule has 0 spiro atoms. The maximum atomic E-state index is 11.3. The maximum absolute atomic E-state index is 11.3. The topological polar surface area (TPSA) is 125 Å². The van der Waals surface area contributed by atoms with Gasteiger partial charge in [0.2, 0.25) is 5.91 Å². The van der Waals surface area contributed by atoms with Crippen LogP contribution in [-0.2, 0) is 9.59 Å². The van der Waals surface area contributed by atoms with E-state index in [1.165, 1.54) is 11.8 Å². The standard InChI is InChI=1S/C10H21N5O2/c1-7(16)8(11)4-3-5-14-9(17)6-15(2)10(12)13/h8H,3-6,11H2,1-2H3,(H3,12,13)(H,14,17). The Morgan fingerprint density at radius 2 is 2.06 bits per heavy atom. The van der Waals surface area contributed by atoms with Crippen LogP contribution in [0, 0.1) is 5.41 Å². The molecule has 0 saturated carbocycles. The zero-order valence-electron chi connectivity index (χ0n) is 10.3. The van der Waals surface area contributed by atoms with Crippen LogP contribution in [0.25, 0.3) is 0 Å². The van der Waals surface area contributed by atoms with E-state index < -0.39 is 6.04 Å². The normalized spacial score (nSPS) is 11.7. The summed E-state index contributed by atoms with van der Waals surface area (Å²) >= 11 is 0. The van der Waals surface area contributed by atoms with Crippen molar-refractivity contribution >= 4 is 17.6 Å². The number of nitrogens with two attached hydrogens (primary N) is 2. The van der Waals surface area contributed by atoms with Crippen molar-refractivity contribution in [1.82, 2.24) is 10.2 Å². The van der Waals surface area contributed by atoms with Crippen LogP contribution in [0.5, 0.6) is 0 Å². The second kappa shape index (κ2) is 7.61. The lowest BCUT2D eigenvalue weighted by atomic mass is 10.1. The summed E-state index contributed by atoms with van der Waals surface area (Å²) in [6, 6.07) is -0.452. The van der Waals surface area contributed by atoms with Crippen molar-refractivity contribution in [2.45, 2.75) is 25.8 Å². The molecule has 0 aromatic rings. The largest absolute Gasteiger partial charge is 0.370 e. The Morgan fingerprint density at radius 1 is 1.47 bits per heavy atom. The van der Waals surface area contributed by atoms with Gasteiger partial charge in [0.15, 0.2) is 5.96 Å². The second-order valence-electron chi connectivity index (χ2n) is 3.95. The number of likely N-dealkylation sites (N-methyl/N-ethyl adjacent to an activating group) is 1. The van der Waals surface area contributed by atoms with Crippen molar-refractivity contribution in [3.63, 3.8) is 0 Å². The number of nitrogens with zero attached hydrogens (tertiary/aromatic N) is 1. The number of rotatable bonds is 7. The highest BCUT2D eigenvalue weighted by atomic mass is 16.2. The molecule has 0 saturated heterocycles. The fraction of sp³-hybridized carbons (Fsp3) is 0.700. The summed E-state index contributed by atoms with van der Waals surface area (Å²) in [6.45, 7) is 1.96. The summed E-state index contributed by atoms with van der Waals surface area (Å²) in [4.78, 5) is 23.5. The molecule has 17 heavy (non-hydrogen) atoms. The smallest absolute Gasteiger partial charge is 0.239 e. The van der Waals surface area contributed by atoms with Crippen LogP contribution >= 0.6 is 0 Å². The van der Waals surface area contributed by atoms with Crippen molar-refractivity contribution in [2.75, 3.05) is 20.1 Å². The van der Waals surface area contributed by atoms with Gasteiger partial charge in [0.25, 0.3) is 0 Å². The molecule has 0 bridgehead atoms. The first kappa shape index (κ1) is 15.4. The van der Waals surface area contributed by atoms with Gasteiger partial charge in [-0.1, -0.05) is 0 Å². The molecule has 7 nitrogen and oxygen atoms in total. The molecule has 7 heteroatoms. The van der Waals surface area contributed by atoms with Crippen LogP contribution in [0.4, 0.5) is 0 Å². The van der Waals surface area contributed by atoms with E-state index in [0.717, 1.165) is 0 Å². The number of carbonyl (C=O) groups excluding carboxylic acids is 2. The van der Waals surface area contributed by atoms with Gasteiger partial charge in [-0.15, -0.1) is 0 Å². The summed E-state index contributed by atoms with van der Waals surface area (Å²) in [6.07, 6.45) is 1.20. The average Bonchev–Trinajstić information content (AvgIpc) is 2.23. The Bertz CT molecular complexity index is 292. The molecule has 0 aromatic heterocycles. The van der Waals surface area contributed by atoms with Crippen LogP contribution in [0.1, 0.15) is 19.8 Å². The van der Waals surface area contributed by atoms with E-state index in [-0.39, 0.29) is 24.2 Å². The lowest BCUT2D eigenvalue weighted by Gasteiger charge is -2.16. The number of amides is 1. The van der Waals surface area contributed by atoms with E-state index in [9.17, 15) is 9.59 Å². The molecule has 6 N–H and O–H groups in total. The van der Waals surface area contributed by atoms with Crippen molar-refractivity contribution in [3.8, 4) is 0 Å². The zero-order valence-corrected chi connectivity index (χ0v) is 10.3. The van der Waals surface area contributed by atoms with Gasteiger partial charge in [0.1, 0.15) is 5.78 Å². The van der Waals surface area contributed by atoms with Crippen molar-refractivity contribution in [3.05, 3.63) is 0 Å². The van der Waals surface area contributed by atoms with Crippen molar-refractivity contribution < 1.29 is 9.59 Å². The molecular formula is C10H21N5O2. The van der Waals surface area contributed by atoms with Gasteiger partial charge in [0.05, 0.1) is 12.6 Å². The molecule has 0 radical (unpaired) electrons. The Balaban J connectivity index is 3.65. The Morgan fingerprint density at radius 3 is 2.53 bits per heavy atom. The highest BCUT2D eigenvalue weighted by Gasteiger charge is 2.09. The Hall–Kier alpha value is -1.63. The quantitative estimate of drug-likeness (QED) is 0.249. The van der Waals surface area contributed by atoms with Gasteiger partial charge in [-0.05, 0) is 19.8 Å². The third kappa shape index (κ3) is 7.29. The number of hydrogen-bond donors (Lipinski definition) is 4. The molecular weight excluding hydrogens is 222 g/mol. The number of Topliss-reactive ketones (excluding diaryl/α,β-unsaturated/α-hetero) is 1. The molecule has 0 aliphatic heterocycles. The molecule has 1 atom stereocenters. The van der Waals surface area contributed by atoms with Gasteiger partial charge in [-0.25, -0.2) is 0 Å². The maximum Gasteiger partial charge on any atom is 0.239 e. The minimum absolute atomic E-state index is 0.0485. The first-order valence-corrected chi connectivity index (χ1v) is 5.42. The number of guanidine groups is 1. The third-order valence-corrected chi connectivity index (χ3v) is 2.33. The molecule has 1 unspecified atom stereocenters. The predicted molar refractivity (Wildman–Crippen MR) is 65.4 cm³/mol. The Kier molecular flexibility index (Phi) is 6.88. The van der Waals surface area contributed by atoms with Gasteiger partial charge in [-0.2, -0.15) is 0 Å². The van der Waals surface area contributed by atoms with E-state index in [4.69, 9.17) is 16.9 Å². The van der Waals surface area contributed by atoms with E-state index in [1.807, 2.05) is 0 Å². The zero-order chi connectivity index (χ0) is 13.4. The monoisotopic (exact) mass is 243 g/mol. The predicted octanol–water partition coefficient (Wildman–Crippen LogP) is -1.38. The van der Waals surface area contributed by atoms with E-state index in [0.29, 0.717) is 19.4 Å². The summed E-state index contributed by atoms with van der Waals surface area (Å²) in [7, 11) is 1.56. The second-order valence-corrected chi connectivity index (χ2v) is 3.95. The van der Waals surface area contributed by atoms with Crippen LogP contribution in [0.2, 0.25) is 0 Å². The molecule has 0 aliphatic carbocycles. The highest BCUT2D eigenvalue weighted by molar-refractivity contribution is 5.84. The Labute approximate surface area is 101 Å². The minimum Gasteiger partial charge on any atom is -0.370 e. The van der Waals surface area contributed by atoms with Gasteiger partial charge in [0, 0.05) is 13.6 Å². The van der Waals surface area contributed by atoms with Gasteiger partial charge >= 0.3 is 0 Å². The molecule has 0 rings (SSSR count). The fourth-order valence-electron chi connectivity index (χ4n) is 1.11. The molecule has 0 heterocycles. The van der Waals surface area contributed by atoms with Gasteiger partial charge in [-0.3, -0.25) is 15.0 Å². The fourth-order valence-corrected chi connectivity index (χ4v) is 1.11. The molecule has 98 valence electrons. The molecule has 0 aliphatic rings. The van der Waals surface area contributed by atoms with Crippen LogP contribution in [0.15, 0.2) is 0 Å². The van der Waals surface area contributed by atoms with E-state index in [1.54, 1.807) is 7.05 Å². The SMILES string of the molecule is CC(=O)C(N)CCCNC(=O)CN(C)C(=N)N. The lowest BCUT2D eigenvalue weighted by Crippen LogP contribution is -2.41. The summed E-state index contributed by atoms with van der Waals surface area (Å²) in [5, 5.41) is 9.74. The minimum atomic E-state index is -0.452. The third-order valence-electron chi connectivity index (χ3n) is 2.33. The molecule has 1 amide bonds.